The van der Waals surface area contributed by atoms with Gasteiger partial charge in [-0.05, 0) is 46.9 Å². The first-order chi connectivity index (χ1) is 8.67. The predicted octanol–water partition coefficient (Wildman–Crippen LogP) is 2.58. The van der Waals surface area contributed by atoms with Crippen molar-refractivity contribution in [3.63, 3.8) is 0 Å². The van der Waals surface area contributed by atoms with Crippen LogP contribution in [0.1, 0.15) is 41.8 Å². The van der Waals surface area contributed by atoms with Gasteiger partial charge in [-0.15, -0.1) is 0 Å². The molecule has 0 aliphatic rings. The predicted molar refractivity (Wildman–Crippen MR) is 78.7 cm³/mol. The lowest BCUT2D eigenvalue weighted by Crippen LogP contribution is -2.37. The maximum absolute atomic E-state index is 12.1. The molecule has 0 saturated carbocycles. The Hall–Kier alpha value is -1.19. The second-order valence-electron chi connectivity index (χ2n) is 6.10. The van der Waals surface area contributed by atoms with Crippen molar-refractivity contribution in [2.45, 2.75) is 39.7 Å². The van der Waals surface area contributed by atoms with Crippen LogP contribution in [0.3, 0.4) is 0 Å². The van der Waals surface area contributed by atoms with Crippen LogP contribution >= 0.6 is 0 Å². The van der Waals surface area contributed by atoms with E-state index in [4.69, 9.17) is 0 Å². The van der Waals surface area contributed by atoms with Crippen molar-refractivity contribution in [1.29, 1.82) is 0 Å². The summed E-state index contributed by atoms with van der Waals surface area (Å²) in [6.07, 6.45) is 0.482. The quantitative estimate of drug-likeness (QED) is 0.802. The number of aliphatic hydroxyl groups is 1. The van der Waals surface area contributed by atoms with Gasteiger partial charge in [0.1, 0.15) is 0 Å². The summed E-state index contributed by atoms with van der Waals surface area (Å²) in [6.45, 7) is 8.78. The Bertz CT molecular complexity index is 426. The standard InChI is InChI=1S/C16H25NO2/c1-12-8-13(2)10-14(9-12)15(18)6-7-17(5)11-16(3,4)19/h8-10,19H,6-7,11H2,1-5H3. The summed E-state index contributed by atoms with van der Waals surface area (Å²) in [7, 11) is 1.92. The molecule has 0 atom stereocenters. The summed E-state index contributed by atoms with van der Waals surface area (Å²) in [5, 5.41) is 9.72. The minimum atomic E-state index is -0.724. The number of carbonyl (C=O) groups is 1. The highest BCUT2D eigenvalue weighted by atomic mass is 16.3. The van der Waals surface area contributed by atoms with Crippen molar-refractivity contribution in [3.05, 3.63) is 34.9 Å². The maximum Gasteiger partial charge on any atom is 0.164 e. The summed E-state index contributed by atoms with van der Waals surface area (Å²) in [5.74, 6) is 0.161. The molecule has 0 aliphatic heterocycles. The Morgan fingerprint density at radius 1 is 1.21 bits per heavy atom. The number of ketones is 1. The molecule has 0 heterocycles. The van der Waals surface area contributed by atoms with Gasteiger partial charge in [-0.3, -0.25) is 4.79 Å². The van der Waals surface area contributed by atoms with Crippen molar-refractivity contribution in [2.24, 2.45) is 0 Å². The van der Waals surface area contributed by atoms with Gasteiger partial charge in [0, 0.05) is 25.1 Å². The van der Waals surface area contributed by atoms with E-state index in [1.807, 2.05) is 37.9 Å². The first-order valence-electron chi connectivity index (χ1n) is 6.70. The van der Waals surface area contributed by atoms with Gasteiger partial charge in [0.15, 0.2) is 5.78 Å². The smallest absolute Gasteiger partial charge is 0.164 e. The Morgan fingerprint density at radius 3 is 2.21 bits per heavy atom. The third-order valence-electron chi connectivity index (χ3n) is 2.92. The largest absolute Gasteiger partial charge is 0.389 e. The zero-order valence-electron chi connectivity index (χ0n) is 12.7. The number of nitrogens with zero attached hydrogens (tertiary/aromatic N) is 1. The molecule has 0 aromatic heterocycles. The third-order valence-corrected chi connectivity index (χ3v) is 2.92. The van der Waals surface area contributed by atoms with Crippen LogP contribution in [0.5, 0.6) is 0 Å². The molecular weight excluding hydrogens is 238 g/mol. The van der Waals surface area contributed by atoms with E-state index in [0.29, 0.717) is 19.5 Å². The minimum Gasteiger partial charge on any atom is -0.389 e. The highest BCUT2D eigenvalue weighted by Gasteiger charge is 2.16. The van der Waals surface area contributed by atoms with E-state index in [-0.39, 0.29) is 5.78 Å². The van der Waals surface area contributed by atoms with Crippen LogP contribution in [0.4, 0.5) is 0 Å². The van der Waals surface area contributed by atoms with Gasteiger partial charge in [-0.2, -0.15) is 0 Å². The van der Waals surface area contributed by atoms with Crippen molar-refractivity contribution < 1.29 is 9.90 Å². The number of hydrogen-bond donors (Lipinski definition) is 1. The molecule has 1 N–H and O–H groups in total. The minimum absolute atomic E-state index is 0.161. The highest BCUT2D eigenvalue weighted by Crippen LogP contribution is 2.11. The number of hydrogen-bond acceptors (Lipinski definition) is 3. The number of rotatable bonds is 6. The third kappa shape index (κ3) is 5.99. The molecule has 0 radical (unpaired) electrons. The Morgan fingerprint density at radius 2 is 1.74 bits per heavy atom. The molecular formula is C16H25NO2. The van der Waals surface area contributed by atoms with Crippen LogP contribution in [0.25, 0.3) is 0 Å². The Labute approximate surface area is 116 Å². The molecule has 106 valence electrons. The molecule has 0 saturated heterocycles. The van der Waals surface area contributed by atoms with Crippen molar-refractivity contribution >= 4 is 5.78 Å². The second-order valence-corrected chi connectivity index (χ2v) is 6.10. The molecule has 0 fully saturated rings. The first-order valence-corrected chi connectivity index (χ1v) is 6.70. The van der Waals surface area contributed by atoms with E-state index in [0.717, 1.165) is 16.7 Å². The second kappa shape index (κ2) is 6.31. The van der Waals surface area contributed by atoms with E-state index in [1.54, 1.807) is 13.8 Å². The molecule has 3 heteroatoms. The zero-order chi connectivity index (χ0) is 14.6. The molecule has 19 heavy (non-hydrogen) atoms. The first kappa shape index (κ1) is 15.9. The SMILES string of the molecule is Cc1cc(C)cc(C(=O)CCN(C)CC(C)(C)O)c1. The van der Waals surface area contributed by atoms with E-state index in [2.05, 4.69) is 6.07 Å². The normalized spacial score (nSPS) is 11.9. The van der Waals surface area contributed by atoms with Crippen molar-refractivity contribution in [2.75, 3.05) is 20.1 Å². The van der Waals surface area contributed by atoms with Gasteiger partial charge in [-0.25, -0.2) is 0 Å². The number of carbonyl (C=O) groups excluding carboxylic acids is 1. The Kier molecular flexibility index (Phi) is 5.27. The van der Waals surface area contributed by atoms with Crippen molar-refractivity contribution in [3.8, 4) is 0 Å². The van der Waals surface area contributed by atoms with E-state index >= 15 is 0 Å². The molecule has 0 amide bonds. The molecule has 1 aromatic rings. The van der Waals surface area contributed by atoms with E-state index < -0.39 is 5.60 Å². The maximum atomic E-state index is 12.1. The summed E-state index contributed by atoms with van der Waals surface area (Å²) >= 11 is 0. The van der Waals surface area contributed by atoms with Gasteiger partial charge in [-0.1, -0.05) is 17.2 Å². The van der Waals surface area contributed by atoms with Crippen LogP contribution in [0.2, 0.25) is 0 Å². The number of likely N-dealkylation sites (N-methyl/N-ethyl adjacent to an activating group) is 1. The zero-order valence-corrected chi connectivity index (χ0v) is 12.7. The summed E-state index contributed by atoms with van der Waals surface area (Å²) < 4.78 is 0. The lowest BCUT2D eigenvalue weighted by molar-refractivity contribution is 0.0437. The fourth-order valence-electron chi connectivity index (χ4n) is 2.31. The van der Waals surface area contributed by atoms with Crippen LogP contribution < -0.4 is 0 Å². The van der Waals surface area contributed by atoms with Gasteiger partial charge in [0.05, 0.1) is 5.60 Å². The van der Waals surface area contributed by atoms with Crippen LogP contribution in [-0.2, 0) is 0 Å². The lowest BCUT2D eigenvalue weighted by Gasteiger charge is -2.25. The molecule has 0 spiro atoms. The van der Waals surface area contributed by atoms with Crippen molar-refractivity contribution in [1.82, 2.24) is 4.90 Å². The molecule has 3 nitrogen and oxygen atoms in total. The summed E-state index contributed by atoms with van der Waals surface area (Å²) in [6, 6.07) is 5.94. The van der Waals surface area contributed by atoms with Crippen LogP contribution in [0, 0.1) is 13.8 Å². The van der Waals surface area contributed by atoms with E-state index in [9.17, 15) is 9.90 Å². The number of aryl methyl sites for hydroxylation is 2. The van der Waals surface area contributed by atoms with E-state index in [1.165, 1.54) is 0 Å². The van der Waals surface area contributed by atoms with Crippen LogP contribution in [0.15, 0.2) is 18.2 Å². The van der Waals surface area contributed by atoms with Gasteiger partial charge < -0.3 is 10.0 Å². The summed E-state index contributed by atoms with van der Waals surface area (Å²) in [5.41, 5.74) is 2.30. The monoisotopic (exact) mass is 263 g/mol. The fraction of sp³-hybridized carbons (Fsp3) is 0.562. The molecule has 0 aliphatic carbocycles. The average Bonchev–Trinajstić information content (AvgIpc) is 2.22. The molecule has 1 rings (SSSR count). The number of Topliss-reactive ketones (excluding diaryl/α,β-unsaturated/α-hetero) is 1. The summed E-state index contributed by atoms with van der Waals surface area (Å²) in [4.78, 5) is 14.1. The fourth-order valence-corrected chi connectivity index (χ4v) is 2.31. The lowest BCUT2D eigenvalue weighted by atomic mass is 10.0. The van der Waals surface area contributed by atoms with Crippen LogP contribution in [-0.4, -0.2) is 41.5 Å². The van der Waals surface area contributed by atoms with Gasteiger partial charge in [0.2, 0.25) is 0 Å². The van der Waals surface area contributed by atoms with Gasteiger partial charge in [0.25, 0.3) is 0 Å². The molecule has 0 bridgehead atoms. The molecule has 0 unspecified atom stereocenters. The average molecular weight is 263 g/mol. The number of benzene rings is 1. The molecule has 1 aromatic carbocycles. The van der Waals surface area contributed by atoms with Gasteiger partial charge >= 0.3 is 0 Å². The topological polar surface area (TPSA) is 40.5 Å². The highest BCUT2D eigenvalue weighted by molar-refractivity contribution is 5.96. The Balaban J connectivity index is 2.56.